The summed E-state index contributed by atoms with van der Waals surface area (Å²) in [5.41, 5.74) is 2.15. The molecule has 0 aliphatic rings. The molecule has 2 N–H and O–H groups in total. The Morgan fingerprint density at radius 3 is 1.36 bits per heavy atom. The fraction of sp³-hybridized carbons (Fsp3) is 0.478. The summed E-state index contributed by atoms with van der Waals surface area (Å²) in [7, 11) is -9.29. The van der Waals surface area contributed by atoms with Crippen LogP contribution < -0.4 is 14.6 Å². The molecular weight excluding hydrogens is 817 g/mol. The molecule has 13 heteroatoms. The molecule has 0 fully saturated rings. The number of benzene rings is 4. The Morgan fingerprint density at radius 1 is 0.525 bits per heavy atom. The molecule has 0 heterocycles. The largest absolute Gasteiger partial charge is 2.00 e. The summed E-state index contributed by atoms with van der Waals surface area (Å²) in [6.07, 6.45) is 24.6. The van der Waals surface area contributed by atoms with Gasteiger partial charge in [-0.05, 0) is 79.3 Å². The van der Waals surface area contributed by atoms with Crippen LogP contribution in [0.1, 0.15) is 141 Å². The summed E-state index contributed by atoms with van der Waals surface area (Å²) >= 11 is 0. The summed E-state index contributed by atoms with van der Waals surface area (Å²) in [5.74, 6) is -0.912. The molecule has 0 aliphatic heterocycles. The van der Waals surface area contributed by atoms with Gasteiger partial charge in [0.2, 0.25) is 0 Å². The van der Waals surface area contributed by atoms with E-state index in [-0.39, 0.29) is 49.2 Å². The van der Waals surface area contributed by atoms with Crippen LogP contribution in [0.5, 0.6) is 34.5 Å². The Balaban J connectivity index is 0.000000400. The van der Waals surface area contributed by atoms with Gasteiger partial charge in [0.25, 0.3) is 10.1 Å². The Kier molecular flexibility index (Phi) is 25.4. The van der Waals surface area contributed by atoms with Crippen molar-refractivity contribution in [1.82, 2.24) is 0 Å². The number of phenols is 1. The maximum atomic E-state index is 12.0. The first-order valence-electron chi connectivity index (χ1n) is 20.9. The average Bonchev–Trinajstić information content (AvgIpc) is 3.18. The maximum Gasteiger partial charge on any atom is 2.00 e. The Morgan fingerprint density at radius 2 is 0.915 bits per heavy atom. The number of aromatic hydroxyl groups is 1. The van der Waals surface area contributed by atoms with Crippen LogP contribution in [0.4, 0.5) is 0 Å². The van der Waals surface area contributed by atoms with Gasteiger partial charge in [0.1, 0.15) is 32.3 Å². The first kappa shape index (κ1) is 52.3. The summed E-state index contributed by atoms with van der Waals surface area (Å²) in [5, 5.41) is 22.0. The van der Waals surface area contributed by atoms with E-state index in [1.54, 1.807) is 24.3 Å². The SMILES string of the molecule is CCCCCCCCCCCc1cccc(Oc2c(O)cccc2S(=O)(=O)O)c1.CCCCCCCCCCCc1cccc(Oc2c([O-])cccc2S(=O)(=O)[O-])c1.[Ca+2]. The van der Waals surface area contributed by atoms with E-state index < -0.39 is 41.5 Å². The Bertz CT molecular complexity index is 1870. The third kappa shape index (κ3) is 20.5. The molecular formula is C46H62CaO10S2. The van der Waals surface area contributed by atoms with Crippen LogP contribution in [0, 0.1) is 0 Å². The van der Waals surface area contributed by atoms with Crippen LogP contribution in [0.15, 0.2) is 94.7 Å². The third-order valence-corrected chi connectivity index (χ3v) is 11.6. The van der Waals surface area contributed by atoms with Crippen LogP contribution in [0.3, 0.4) is 0 Å². The standard InChI is InChI=1S/2C23H32O5S.Ca/c2*1-2-3-4-5-6-7-8-9-10-13-19-14-11-15-20(18-19)28-23-21(24)16-12-17-22(23)29(25,26)27;/h2*11-12,14-18,24H,2-10,13H2,1H3,(H,25,26,27);/q;;+2/p-2. The van der Waals surface area contributed by atoms with Gasteiger partial charge in [0.15, 0.2) is 11.5 Å². The van der Waals surface area contributed by atoms with Gasteiger partial charge in [0.05, 0.1) is 4.90 Å². The maximum absolute atomic E-state index is 12.0. The molecule has 0 spiro atoms. The van der Waals surface area contributed by atoms with E-state index in [0.717, 1.165) is 42.9 Å². The van der Waals surface area contributed by atoms with Gasteiger partial charge in [-0.15, -0.1) is 0 Å². The number of hydrogen-bond donors (Lipinski definition) is 2. The second-order valence-corrected chi connectivity index (χ2v) is 17.5. The molecule has 0 saturated heterocycles. The first-order chi connectivity index (χ1) is 27.8. The molecule has 0 bridgehead atoms. The van der Waals surface area contributed by atoms with Crippen LogP contribution in [0.2, 0.25) is 0 Å². The molecule has 0 unspecified atom stereocenters. The molecule has 0 amide bonds. The zero-order chi connectivity index (χ0) is 42.2. The van der Waals surface area contributed by atoms with Crippen molar-refractivity contribution in [1.29, 1.82) is 0 Å². The molecule has 59 heavy (non-hydrogen) atoms. The van der Waals surface area contributed by atoms with Gasteiger partial charge in [-0.3, -0.25) is 4.55 Å². The number of ether oxygens (including phenoxy) is 2. The van der Waals surface area contributed by atoms with Gasteiger partial charge in [0, 0.05) is 0 Å². The zero-order valence-corrected chi connectivity index (χ0v) is 38.8. The number of rotatable bonds is 26. The molecule has 0 aromatic heterocycles. The van der Waals surface area contributed by atoms with E-state index in [1.165, 1.54) is 133 Å². The average molecular weight is 879 g/mol. The van der Waals surface area contributed by atoms with E-state index in [0.29, 0.717) is 11.5 Å². The van der Waals surface area contributed by atoms with Gasteiger partial charge in [-0.2, -0.15) is 8.42 Å². The van der Waals surface area contributed by atoms with Crippen molar-refractivity contribution in [2.75, 3.05) is 0 Å². The molecule has 320 valence electrons. The van der Waals surface area contributed by atoms with Crippen LogP contribution in [0.25, 0.3) is 0 Å². The summed E-state index contributed by atoms with van der Waals surface area (Å²) in [4.78, 5) is -1.09. The second-order valence-electron chi connectivity index (χ2n) is 14.8. The van der Waals surface area contributed by atoms with E-state index in [9.17, 15) is 36.2 Å². The van der Waals surface area contributed by atoms with E-state index >= 15 is 0 Å². The molecule has 10 nitrogen and oxygen atoms in total. The fourth-order valence-electron chi connectivity index (χ4n) is 6.65. The Hall–Kier alpha value is -2.84. The predicted molar refractivity (Wildman–Crippen MR) is 232 cm³/mol. The van der Waals surface area contributed by atoms with Crippen molar-refractivity contribution in [3.05, 3.63) is 96.1 Å². The summed E-state index contributed by atoms with van der Waals surface area (Å²) < 4.78 is 77.7. The Labute approximate surface area is 383 Å². The van der Waals surface area contributed by atoms with Crippen LogP contribution in [-0.4, -0.2) is 68.8 Å². The summed E-state index contributed by atoms with van der Waals surface area (Å²) in [6.45, 7) is 4.46. The number of hydrogen-bond acceptors (Lipinski definition) is 9. The summed E-state index contributed by atoms with van der Waals surface area (Å²) in [6, 6.07) is 21.9. The van der Waals surface area contributed by atoms with Gasteiger partial charge < -0.3 is 24.2 Å². The molecule has 0 saturated carbocycles. The second kappa shape index (κ2) is 28.6. The van der Waals surface area contributed by atoms with E-state index in [1.807, 2.05) is 24.3 Å². The number of para-hydroxylation sites is 2. The van der Waals surface area contributed by atoms with Crippen molar-refractivity contribution in [3.63, 3.8) is 0 Å². The zero-order valence-electron chi connectivity index (χ0n) is 34.9. The minimum Gasteiger partial charge on any atom is -0.870 e. The minimum absolute atomic E-state index is 0. The molecule has 0 aliphatic carbocycles. The van der Waals surface area contributed by atoms with Gasteiger partial charge in [-0.1, -0.05) is 165 Å². The normalized spacial score (nSPS) is 11.3. The van der Waals surface area contributed by atoms with E-state index in [2.05, 4.69) is 13.8 Å². The molecule has 0 radical (unpaired) electrons. The van der Waals surface area contributed by atoms with Crippen molar-refractivity contribution < 1.29 is 45.6 Å². The van der Waals surface area contributed by atoms with Crippen molar-refractivity contribution in [2.24, 2.45) is 0 Å². The minimum atomic E-state index is -4.79. The number of unbranched alkanes of at least 4 members (excludes halogenated alkanes) is 16. The van der Waals surface area contributed by atoms with Crippen molar-refractivity contribution >= 4 is 58.0 Å². The van der Waals surface area contributed by atoms with Crippen molar-refractivity contribution in [3.8, 4) is 34.5 Å². The van der Waals surface area contributed by atoms with E-state index in [4.69, 9.17) is 9.47 Å². The number of aryl methyl sites for hydroxylation is 2. The van der Waals surface area contributed by atoms with Crippen LogP contribution in [-0.2, 0) is 33.1 Å². The van der Waals surface area contributed by atoms with Crippen LogP contribution >= 0.6 is 0 Å². The first-order valence-corrected chi connectivity index (χ1v) is 23.8. The molecule has 4 aromatic carbocycles. The predicted octanol–water partition coefficient (Wildman–Crippen LogP) is 11.7. The van der Waals surface area contributed by atoms with Gasteiger partial charge in [-0.25, -0.2) is 8.42 Å². The number of phenolic OH excluding ortho intramolecular Hbond substituents is 1. The molecule has 0 atom stereocenters. The monoisotopic (exact) mass is 878 g/mol. The third-order valence-electron chi connectivity index (χ3n) is 9.82. The molecule has 4 rings (SSSR count). The van der Waals surface area contributed by atoms with Crippen molar-refractivity contribution in [2.45, 2.75) is 152 Å². The fourth-order valence-corrected chi connectivity index (χ4v) is 7.89. The topological polar surface area (TPSA) is 173 Å². The molecule has 4 aromatic rings. The quantitative estimate of drug-likeness (QED) is 0.0351. The smallest absolute Gasteiger partial charge is 0.870 e. The van der Waals surface area contributed by atoms with Gasteiger partial charge >= 0.3 is 37.7 Å².